The Bertz CT molecular complexity index is 616. The van der Waals surface area contributed by atoms with Crippen molar-refractivity contribution in [2.75, 3.05) is 18.6 Å². The van der Waals surface area contributed by atoms with Gasteiger partial charge in [-0.2, -0.15) is 0 Å². The highest BCUT2D eigenvalue weighted by Crippen LogP contribution is 2.17. The number of anilines is 1. The number of urea groups is 1. The first-order chi connectivity index (χ1) is 10.1. The summed E-state index contributed by atoms with van der Waals surface area (Å²) in [6.07, 6.45) is 2.00. The van der Waals surface area contributed by atoms with Crippen LogP contribution in [0.5, 0.6) is 0 Å². The highest BCUT2D eigenvalue weighted by molar-refractivity contribution is 7.98. The van der Waals surface area contributed by atoms with Crippen LogP contribution in [0.2, 0.25) is 0 Å². The third-order valence-corrected chi connectivity index (χ3v) is 3.74. The van der Waals surface area contributed by atoms with E-state index in [4.69, 9.17) is 0 Å². The molecule has 3 nitrogen and oxygen atoms in total. The molecule has 0 aliphatic rings. The van der Waals surface area contributed by atoms with Crippen molar-refractivity contribution in [3.05, 3.63) is 59.9 Å². The van der Waals surface area contributed by atoms with E-state index in [1.807, 2.05) is 30.5 Å². The Morgan fingerprint density at radius 1 is 1.24 bits per heavy atom. The number of amides is 2. The Morgan fingerprint density at radius 2 is 1.95 bits per heavy atom. The van der Waals surface area contributed by atoms with E-state index in [0.29, 0.717) is 6.54 Å². The zero-order valence-corrected chi connectivity index (χ0v) is 12.8. The first kappa shape index (κ1) is 15.4. The fraction of sp³-hybridized carbons (Fsp3) is 0.188. The Labute approximate surface area is 128 Å². The number of carbonyl (C=O) groups is 1. The van der Waals surface area contributed by atoms with Crippen LogP contribution in [0.3, 0.4) is 0 Å². The van der Waals surface area contributed by atoms with Gasteiger partial charge in [-0.15, -0.1) is 11.8 Å². The van der Waals surface area contributed by atoms with Crippen LogP contribution in [0.1, 0.15) is 5.56 Å². The molecule has 2 aromatic carbocycles. The van der Waals surface area contributed by atoms with Gasteiger partial charge in [0, 0.05) is 24.2 Å². The van der Waals surface area contributed by atoms with Crippen molar-refractivity contribution in [2.45, 2.75) is 11.4 Å². The molecule has 0 radical (unpaired) electrons. The minimum atomic E-state index is -0.297. The number of hydrogen-bond donors (Lipinski definition) is 1. The lowest BCUT2D eigenvalue weighted by molar-refractivity contribution is 0.220. The predicted octanol–water partition coefficient (Wildman–Crippen LogP) is 4.21. The van der Waals surface area contributed by atoms with Crippen LogP contribution in [-0.4, -0.2) is 24.2 Å². The van der Waals surface area contributed by atoms with E-state index in [1.54, 1.807) is 30.9 Å². The van der Waals surface area contributed by atoms with E-state index in [2.05, 4.69) is 5.32 Å². The van der Waals surface area contributed by atoms with Gasteiger partial charge in [0.2, 0.25) is 0 Å². The van der Waals surface area contributed by atoms with Gasteiger partial charge in [0.05, 0.1) is 0 Å². The van der Waals surface area contributed by atoms with Gasteiger partial charge < -0.3 is 10.2 Å². The number of nitrogens with one attached hydrogen (secondary N) is 1. The van der Waals surface area contributed by atoms with Crippen molar-refractivity contribution >= 4 is 23.5 Å². The van der Waals surface area contributed by atoms with Gasteiger partial charge in [-0.3, -0.25) is 0 Å². The number of carbonyl (C=O) groups excluding carboxylic acids is 1. The zero-order chi connectivity index (χ0) is 15.2. The molecule has 0 unspecified atom stereocenters. The molecule has 5 heteroatoms. The Kier molecular flexibility index (Phi) is 5.22. The average Bonchev–Trinajstić information content (AvgIpc) is 2.48. The fourth-order valence-corrected chi connectivity index (χ4v) is 2.28. The summed E-state index contributed by atoms with van der Waals surface area (Å²) in [5.74, 6) is -0.297. The first-order valence-electron chi connectivity index (χ1n) is 6.49. The number of hydrogen-bond acceptors (Lipinski definition) is 2. The van der Waals surface area contributed by atoms with Crippen molar-refractivity contribution in [3.63, 3.8) is 0 Å². The quantitative estimate of drug-likeness (QED) is 0.858. The van der Waals surface area contributed by atoms with Crippen LogP contribution in [0.4, 0.5) is 14.9 Å². The minimum absolute atomic E-state index is 0.226. The molecule has 0 saturated carbocycles. The summed E-state index contributed by atoms with van der Waals surface area (Å²) in [6, 6.07) is 13.6. The summed E-state index contributed by atoms with van der Waals surface area (Å²) in [5, 5.41) is 2.81. The SMILES string of the molecule is CSc1ccc(NC(=O)N(C)Cc2cccc(F)c2)cc1. The molecule has 2 aromatic rings. The summed E-state index contributed by atoms with van der Waals surface area (Å²) in [6.45, 7) is 0.354. The van der Waals surface area contributed by atoms with Gasteiger partial charge in [0.25, 0.3) is 0 Å². The smallest absolute Gasteiger partial charge is 0.321 e. The molecule has 0 aliphatic carbocycles. The van der Waals surface area contributed by atoms with Gasteiger partial charge in [-0.25, -0.2) is 9.18 Å². The maximum atomic E-state index is 13.1. The highest BCUT2D eigenvalue weighted by Gasteiger charge is 2.09. The molecular formula is C16H17FN2OS. The van der Waals surface area contributed by atoms with Gasteiger partial charge in [0.15, 0.2) is 0 Å². The number of halogens is 1. The summed E-state index contributed by atoms with van der Waals surface area (Å²) in [5.41, 5.74) is 1.49. The number of nitrogens with zero attached hydrogens (tertiary/aromatic N) is 1. The monoisotopic (exact) mass is 304 g/mol. The molecule has 0 heterocycles. The normalized spacial score (nSPS) is 10.2. The molecule has 0 spiro atoms. The van der Waals surface area contributed by atoms with E-state index in [0.717, 1.165) is 16.1 Å². The lowest BCUT2D eigenvalue weighted by Gasteiger charge is -2.18. The largest absolute Gasteiger partial charge is 0.323 e. The molecule has 0 bridgehead atoms. The number of benzene rings is 2. The molecule has 0 fully saturated rings. The second-order valence-electron chi connectivity index (χ2n) is 4.64. The second-order valence-corrected chi connectivity index (χ2v) is 5.52. The minimum Gasteiger partial charge on any atom is -0.323 e. The molecule has 110 valence electrons. The summed E-state index contributed by atoms with van der Waals surface area (Å²) in [4.78, 5) is 14.7. The van der Waals surface area contributed by atoms with Crippen LogP contribution < -0.4 is 5.32 Å². The molecule has 0 aromatic heterocycles. The average molecular weight is 304 g/mol. The topological polar surface area (TPSA) is 32.3 Å². The van der Waals surface area contributed by atoms with E-state index < -0.39 is 0 Å². The molecular weight excluding hydrogens is 287 g/mol. The maximum Gasteiger partial charge on any atom is 0.321 e. The summed E-state index contributed by atoms with van der Waals surface area (Å²) < 4.78 is 13.1. The summed E-state index contributed by atoms with van der Waals surface area (Å²) in [7, 11) is 1.68. The van der Waals surface area contributed by atoms with Crippen molar-refractivity contribution < 1.29 is 9.18 Å². The molecule has 2 amide bonds. The zero-order valence-electron chi connectivity index (χ0n) is 12.0. The molecule has 1 N–H and O–H groups in total. The molecule has 2 rings (SSSR count). The van der Waals surface area contributed by atoms with Crippen molar-refractivity contribution in [1.82, 2.24) is 4.90 Å². The highest BCUT2D eigenvalue weighted by atomic mass is 32.2. The van der Waals surface area contributed by atoms with Crippen LogP contribution in [0.15, 0.2) is 53.4 Å². The Morgan fingerprint density at radius 3 is 2.57 bits per heavy atom. The maximum absolute atomic E-state index is 13.1. The third kappa shape index (κ3) is 4.49. The molecule has 21 heavy (non-hydrogen) atoms. The van der Waals surface area contributed by atoms with Crippen LogP contribution in [0, 0.1) is 5.82 Å². The Hall–Kier alpha value is -2.01. The van der Waals surface area contributed by atoms with Crippen LogP contribution in [-0.2, 0) is 6.54 Å². The predicted molar refractivity (Wildman–Crippen MR) is 85.1 cm³/mol. The molecule has 0 atom stereocenters. The lowest BCUT2D eigenvalue weighted by atomic mass is 10.2. The second kappa shape index (κ2) is 7.13. The van der Waals surface area contributed by atoms with Crippen LogP contribution >= 0.6 is 11.8 Å². The number of thioether (sulfide) groups is 1. The van der Waals surface area contributed by atoms with Gasteiger partial charge in [0.1, 0.15) is 5.82 Å². The molecule has 0 saturated heterocycles. The van der Waals surface area contributed by atoms with E-state index in [1.165, 1.54) is 17.0 Å². The van der Waals surface area contributed by atoms with E-state index in [-0.39, 0.29) is 11.8 Å². The van der Waals surface area contributed by atoms with Crippen molar-refractivity contribution in [3.8, 4) is 0 Å². The third-order valence-electron chi connectivity index (χ3n) is 3.00. The van der Waals surface area contributed by atoms with E-state index in [9.17, 15) is 9.18 Å². The molecule has 0 aliphatic heterocycles. The standard InChI is InChI=1S/C16H17FN2OS/c1-19(11-12-4-3-5-13(17)10-12)16(20)18-14-6-8-15(21-2)9-7-14/h3-10H,11H2,1-2H3,(H,18,20). The van der Waals surface area contributed by atoms with Gasteiger partial charge >= 0.3 is 6.03 Å². The summed E-state index contributed by atoms with van der Waals surface area (Å²) >= 11 is 1.65. The first-order valence-corrected chi connectivity index (χ1v) is 7.71. The lowest BCUT2D eigenvalue weighted by Crippen LogP contribution is -2.30. The van der Waals surface area contributed by atoms with Gasteiger partial charge in [-0.1, -0.05) is 12.1 Å². The van der Waals surface area contributed by atoms with Crippen LogP contribution in [0.25, 0.3) is 0 Å². The Balaban J connectivity index is 1.95. The van der Waals surface area contributed by atoms with Crippen molar-refractivity contribution in [1.29, 1.82) is 0 Å². The fourth-order valence-electron chi connectivity index (χ4n) is 1.87. The van der Waals surface area contributed by atoms with Gasteiger partial charge in [-0.05, 0) is 48.2 Å². The van der Waals surface area contributed by atoms with Crippen molar-refractivity contribution in [2.24, 2.45) is 0 Å². The van der Waals surface area contributed by atoms with E-state index >= 15 is 0 Å². The number of rotatable bonds is 4.